The number of nitrogens with zero attached hydrogens (tertiary/aromatic N) is 3. The van der Waals surface area contributed by atoms with Gasteiger partial charge in [-0.3, -0.25) is 9.59 Å². The minimum Gasteiger partial charge on any atom is -0.412 e. The van der Waals surface area contributed by atoms with Crippen LogP contribution >= 0.6 is 23.2 Å². The van der Waals surface area contributed by atoms with Gasteiger partial charge in [0.15, 0.2) is 5.65 Å². The molecule has 0 bridgehead atoms. The van der Waals surface area contributed by atoms with Gasteiger partial charge in [0, 0.05) is 44.1 Å². The molecule has 2 aromatic heterocycles. The number of carbonyl (C=O) groups excluding carboxylic acids is 1. The summed E-state index contributed by atoms with van der Waals surface area (Å²) in [5.74, 6) is -0.0220. The second kappa shape index (κ2) is 10.3. The molecule has 0 spiro atoms. The molecular weight excluding hydrogens is 513 g/mol. The van der Waals surface area contributed by atoms with Crippen molar-refractivity contribution in [2.75, 3.05) is 17.7 Å². The molecule has 8 nitrogen and oxygen atoms in total. The van der Waals surface area contributed by atoms with Crippen molar-refractivity contribution in [3.05, 3.63) is 111 Å². The lowest BCUT2D eigenvalue weighted by molar-refractivity contribution is 0.102. The second-order valence-corrected chi connectivity index (χ2v) is 8.80. The van der Waals surface area contributed by atoms with Gasteiger partial charge in [-0.15, -0.1) is 4.73 Å². The minimum atomic E-state index is -0.470. The van der Waals surface area contributed by atoms with Crippen molar-refractivity contribution in [1.82, 2.24) is 14.7 Å². The first-order valence-corrected chi connectivity index (χ1v) is 11.8. The molecule has 0 aliphatic carbocycles. The summed E-state index contributed by atoms with van der Waals surface area (Å²) in [6, 6.07) is 22.5. The molecule has 0 aliphatic rings. The monoisotopic (exact) mass is 531 g/mol. The summed E-state index contributed by atoms with van der Waals surface area (Å²) in [6.45, 7) is 0. The zero-order valence-corrected chi connectivity index (χ0v) is 20.9. The van der Waals surface area contributed by atoms with Crippen LogP contribution in [0.25, 0.3) is 22.2 Å². The van der Waals surface area contributed by atoms with Crippen molar-refractivity contribution >= 4 is 57.5 Å². The highest BCUT2D eigenvalue weighted by atomic mass is 35.5. The summed E-state index contributed by atoms with van der Waals surface area (Å²) >= 11 is 12.4. The Morgan fingerprint density at radius 3 is 2.41 bits per heavy atom. The van der Waals surface area contributed by atoms with Crippen LogP contribution in [0.15, 0.2) is 89.9 Å². The fourth-order valence-electron chi connectivity index (χ4n) is 3.76. The molecule has 10 heteroatoms. The smallest absolute Gasteiger partial charge is 0.293 e. The SMILES string of the molecule is COn1c(=O)c(-c2cc(NC(=O)c3ccc(Cl)cc3)ccc2Cl)cc2cnc(Nc3ccccc3)nc21. The first-order chi connectivity index (χ1) is 17.9. The Balaban J connectivity index is 1.52. The van der Waals surface area contributed by atoms with Crippen LogP contribution in [0.4, 0.5) is 17.3 Å². The van der Waals surface area contributed by atoms with Gasteiger partial charge in [0.05, 0.1) is 5.56 Å². The molecule has 5 rings (SSSR count). The average Bonchev–Trinajstić information content (AvgIpc) is 2.90. The number of nitrogens with one attached hydrogen (secondary N) is 2. The number of halogens is 2. The van der Waals surface area contributed by atoms with Gasteiger partial charge >= 0.3 is 0 Å². The molecular formula is C27H19Cl2N5O3. The molecule has 37 heavy (non-hydrogen) atoms. The van der Waals surface area contributed by atoms with E-state index in [4.69, 9.17) is 28.0 Å². The minimum absolute atomic E-state index is 0.259. The van der Waals surface area contributed by atoms with Gasteiger partial charge in [0.25, 0.3) is 11.5 Å². The molecule has 0 radical (unpaired) electrons. The largest absolute Gasteiger partial charge is 0.412 e. The van der Waals surface area contributed by atoms with E-state index >= 15 is 0 Å². The van der Waals surface area contributed by atoms with E-state index < -0.39 is 5.56 Å². The van der Waals surface area contributed by atoms with Gasteiger partial charge in [-0.05, 0) is 60.7 Å². The summed E-state index contributed by atoms with van der Waals surface area (Å²) in [4.78, 5) is 40.3. The average molecular weight is 532 g/mol. The number of benzene rings is 3. The lowest BCUT2D eigenvalue weighted by Crippen LogP contribution is -2.27. The van der Waals surface area contributed by atoms with Crippen LogP contribution in [0.1, 0.15) is 10.4 Å². The van der Waals surface area contributed by atoms with E-state index in [2.05, 4.69) is 20.6 Å². The molecule has 0 unspecified atom stereocenters. The van der Waals surface area contributed by atoms with Crippen LogP contribution in [0.3, 0.4) is 0 Å². The molecule has 0 saturated carbocycles. The number of fused-ring (bicyclic) bond motifs is 1. The number of rotatable bonds is 6. The quantitative estimate of drug-likeness (QED) is 0.286. The number of amides is 1. The molecule has 2 N–H and O–H groups in total. The molecule has 3 aromatic carbocycles. The number of hydrogen-bond acceptors (Lipinski definition) is 6. The summed E-state index contributed by atoms with van der Waals surface area (Å²) < 4.78 is 1.08. The third-order valence-electron chi connectivity index (χ3n) is 5.54. The van der Waals surface area contributed by atoms with Crippen LogP contribution in [-0.4, -0.2) is 27.7 Å². The highest BCUT2D eigenvalue weighted by Crippen LogP contribution is 2.30. The maximum atomic E-state index is 13.4. The van der Waals surface area contributed by atoms with Gasteiger partial charge in [0.1, 0.15) is 7.11 Å². The van der Waals surface area contributed by atoms with E-state index in [9.17, 15) is 9.59 Å². The van der Waals surface area contributed by atoms with Crippen molar-refractivity contribution in [2.45, 2.75) is 0 Å². The zero-order valence-electron chi connectivity index (χ0n) is 19.4. The summed E-state index contributed by atoms with van der Waals surface area (Å²) in [6.07, 6.45) is 1.59. The number of carbonyl (C=O) groups is 1. The number of pyridine rings is 1. The predicted molar refractivity (Wildman–Crippen MR) is 146 cm³/mol. The van der Waals surface area contributed by atoms with E-state index in [0.717, 1.165) is 10.4 Å². The standard InChI is InChI=1S/C27H19Cl2N5O3/c1-37-34-24-17(15-30-27(33-24)32-19-5-3-2-4-6-19)13-22(26(34)36)21-14-20(11-12-23(21)29)31-25(35)16-7-9-18(28)10-8-16/h2-15H,1H3,(H,31,35)(H,30,32,33). The topological polar surface area (TPSA) is 98.1 Å². The lowest BCUT2D eigenvalue weighted by Gasteiger charge is -2.13. The van der Waals surface area contributed by atoms with Crippen LogP contribution in [0.5, 0.6) is 0 Å². The van der Waals surface area contributed by atoms with E-state index in [0.29, 0.717) is 38.2 Å². The van der Waals surface area contributed by atoms with Crippen LogP contribution < -0.4 is 21.0 Å². The molecule has 0 aliphatic heterocycles. The zero-order chi connectivity index (χ0) is 25.9. The Morgan fingerprint density at radius 1 is 0.919 bits per heavy atom. The van der Waals surface area contributed by atoms with Gasteiger partial charge < -0.3 is 15.5 Å². The highest BCUT2D eigenvalue weighted by Gasteiger charge is 2.17. The number of anilines is 3. The molecule has 5 aromatic rings. The Hall–Kier alpha value is -4.40. The summed E-state index contributed by atoms with van der Waals surface area (Å²) in [5.41, 5.74) is 2.19. The first kappa shape index (κ1) is 24.3. The van der Waals surface area contributed by atoms with Crippen molar-refractivity contribution in [3.63, 3.8) is 0 Å². The van der Waals surface area contributed by atoms with E-state index in [1.165, 1.54) is 7.11 Å². The lowest BCUT2D eigenvalue weighted by atomic mass is 10.1. The van der Waals surface area contributed by atoms with Crippen molar-refractivity contribution in [3.8, 4) is 11.1 Å². The third-order valence-corrected chi connectivity index (χ3v) is 6.12. The molecule has 1 amide bonds. The number of para-hydroxylation sites is 1. The molecule has 0 saturated heterocycles. The van der Waals surface area contributed by atoms with Crippen LogP contribution in [-0.2, 0) is 0 Å². The van der Waals surface area contributed by atoms with Crippen molar-refractivity contribution in [1.29, 1.82) is 0 Å². The third kappa shape index (κ3) is 5.11. The predicted octanol–water partition coefficient (Wildman–Crippen LogP) is 5.82. The van der Waals surface area contributed by atoms with Gasteiger partial charge in [-0.2, -0.15) is 4.98 Å². The molecule has 0 atom stereocenters. The van der Waals surface area contributed by atoms with Crippen LogP contribution in [0, 0.1) is 0 Å². The van der Waals surface area contributed by atoms with Crippen molar-refractivity contribution < 1.29 is 9.63 Å². The van der Waals surface area contributed by atoms with Gasteiger partial charge in [0.2, 0.25) is 5.95 Å². The van der Waals surface area contributed by atoms with Crippen molar-refractivity contribution in [2.24, 2.45) is 0 Å². The maximum Gasteiger partial charge on any atom is 0.293 e. The number of hydrogen-bond donors (Lipinski definition) is 2. The highest BCUT2D eigenvalue weighted by molar-refractivity contribution is 6.33. The summed E-state index contributed by atoms with van der Waals surface area (Å²) in [7, 11) is 1.38. The van der Waals surface area contributed by atoms with Crippen LogP contribution in [0.2, 0.25) is 10.0 Å². The van der Waals surface area contributed by atoms with E-state index in [-0.39, 0.29) is 17.1 Å². The van der Waals surface area contributed by atoms with E-state index in [1.807, 2.05) is 30.3 Å². The Labute approximate surface area is 221 Å². The van der Waals surface area contributed by atoms with Gasteiger partial charge in [-0.25, -0.2) is 4.98 Å². The summed E-state index contributed by atoms with van der Waals surface area (Å²) in [5, 5.41) is 7.33. The molecule has 184 valence electrons. The van der Waals surface area contributed by atoms with E-state index in [1.54, 1.807) is 54.7 Å². The maximum absolute atomic E-state index is 13.4. The number of aromatic nitrogens is 3. The Bertz CT molecular complexity index is 1670. The fraction of sp³-hybridized carbons (Fsp3) is 0.0370. The second-order valence-electron chi connectivity index (χ2n) is 7.96. The first-order valence-electron chi connectivity index (χ1n) is 11.1. The fourth-order valence-corrected chi connectivity index (χ4v) is 4.10. The Morgan fingerprint density at radius 2 is 1.68 bits per heavy atom. The normalized spacial score (nSPS) is 10.8. The van der Waals surface area contributed by atoms with Gasteiger partial charge in [-0.1, -0.05) is 41.4 Å². The molecule has 0 fully saturated rings. The Kier molecular flexibility index (Phi) is 6.76. The molecule has 2 heterocycles.